The van der Waals surface area contributed by atoms with Crippen LogP contribution in [-0.4, -0.2) is 46.0 Å². The zero-order valence-corrected chi connectivity index (χ0v) is 12.5. The molecule has 0 bridgehead atoms. The van der Waals surface area contributed by atoms with Crippen LogP contribution in [0.5, 0.6) is 51.7 Å². The normalized spacial score (nSPS) is 11.7. The van der Waals surface area contributed by atoms with Crippen molar-refractivity contribution in [2.75, 3.05) is 0 Å². The lowest BCUT2D eigenvalue weighted by Crippen LogP contribution is -1.84. The average molecular weight is 362 g/mol. The molecule has 3 aromatic carbocycles. The largest absolute Gasteiger partial charge is 0.504 e. The Labute approximate surface area is 141 Å². The fourth-order valence-corrected chi connectivity index (χ4v) is 3.00. The van der Waals surface area contributed by atoms with Gasteiger partial charge in [-0.15, -0.1) is 0 Å². The van der Waals surface area contributed by atoms with Crippen LogP contribution in [0.1, 0.15) is 0 Å². The van der Waals surface area contributed by atoms with E-state index >= 15 is 0 Å². The third kappa shape index (κ3) is 1.55. The molecule has 10 heteroatoms. The van der Waals surface area contributed by atoms with Crippen LogP contribution in [-0.2, 0) is 0 Å². The maximum atomic E-state index is 10.2. The first-order chi connectivity index (χ1) is 12.2. The number of benzene rings is 3. The van der Waals surface area contributed by atoms with Crippen LogP contribution in [0, 0.1) is 0 Å². The second kappa shape index (κ2) is 4.51. The molecule has 9 N–H and O–H groups in total. The number of fused-ring (bicyclic) bond motifs is 5. The van der Waals surface area contributed by atoms with E-state index in [1.54, 1.807) is 0 Å². The van der Waals surface area contributed by atoms with Crippen LogP contribution >= 0.6 is 0 Å². The molecule has 0 amide bonds. The molecule has 10 nitrogen and oxygen atoms in total. The topological polar surface area (TPSA) is 195 Å². The van der Waals surface area contributed by atoms with Crippen molar-refractivity contribution in [1.29, 1.82) is 0 Å². The Morgan fingerprint density at radius 2 is 0.962 bits per heavy atom. The van der Waals surface area contributed by atoms with Gasteiger partial charge in [0, 0.05) is 16.2 Å². The van der Waals surface area contributed by atoms with Crippen molar-refractivity contribution < 1.29 is 50.4 Å². The minimum Gasteiger partial charge on any atom is -0.504 e. The fourth-order valence-electron chi connectivity index (χ4n) is 3.00. The van der Waals surface area contributed by atoms with Crippen molar-refractivity contribution in [1.82, 2.24) is 0 Å². The number of hydrogen-bond acceptors (Lipinski definition) is 10. The fraction of sp³-hybridized carbons (Fsp3) is 0. The molecule has 1 heterocycles. The molecule has 0 aliphatic carbocycles. The van der Waals surface area contributed by atoms with E-state index in [-0.39, 0.29) is 10.8 Å². The minimum absolute atomic E-state index is 0.132. The van der Waals surface area contributed by atoms with Crippen molar-refractivity contribution in [2.45, 2.75) is 0 Å². The molecule has 0 atom stereocenters. The Morgan fingerprint density at radius 1 is 0.462 bits per heavy atom. The van der Waals surface area contributed by atoms with Crippen LogP contribution in [0.2, 0.25) is 0 Å². The molecule has 1 aromatic heterocycles. The molecule has 0 spiro atoms. The summed E-state index contributed by atoms with van der Waals surface area (Å²) in [5, 5.41) is 87.9. The zero-order valence-electron chi connectivity index (χ0n) is 12.5. The Balaban J connectivity index is 2.46. The van der Waals surface area contributed by atoms with E-state index in [0.29, 0.717) is 0 Å². The third-order valence-electron chi connectivity index (χ3n) is 4.23. The van der Waals surface area contributed by atoms with Crippen molar-refractivity contribution in [3.63, 3.8) is 0 Å². The lowest BCUT2D eigenvalue weighted by molar-refractivity contribution is 0.349. The van der Waals surface area contributed by atoms with Crippen LogP contribution in [0.15, 0.2) is 10.5 Å². The van der Waals surface area contributed by atoms with Gasteiger partial charge >= 0.3 is 0 Å². The van der Waals surface area contributed by atoms with Crippen molar-refractivity contribution >= 4 is 32.7 Å². The van der Waals surface area contributed by atoms with E-state index in [2.05, 4.69) is 0 Å². The lowest BCUT2D eigenvalue weighted by atomic mass is 9.99. The summed E-state index contributed by atoms with van der Waals surface area (Å²) in [5.74, 6) is -8.69. The highest BCUT2D eigenvalue weighted by Crippen LogP contribution is 2.58. The maximum absolute atomic E-state index is 10.2. The third-order valence-corrected chi connectivity index (χ3v) is 4.23. The van der Waals surface area contributed by atoms with Gasteiger partial charge in [-0.3, -0.25) is 0 Å². The van der Waals surface area contributed by atoms with Crippen LogP contribution in [0.25, 0.3) is 32.7 Å². The Hall–Kier alpha value is -4.08. The molecular formula is C16H10O10. The molecule has 26 heavy (non-hydrogen) atoms. The smallest absolute Gasteiger partial charge is 0.205 e. The van der Waals surface area contributed by atoms with E-state index < -0.39 is 73.7 Å². The zero-order chi connectivity index (χ0) is 19.1. The summed E-state index contributed by atoms with van der Waals surface area (Å²) in [6, 6.07) is 0.937. The number of phenolic OH excluding ortho intramolecular Hbond substituents is 9. The van der Waals surface area contributed by atoms with E-state index in [0.717, 1.165) is 6.07 Å². The second-order valence-electron chi connectivity index (χ2n) is 5.62. The highest BCUT2D eigenvalue weighted by Gasteiger charge is 2.30. The molecule has 4 aromatic rings. The molecule has 0 aliphatic heterocycles. The number of aromatic hydroxyl groups is 9. The number of furan rings is 1. The summed E-state index contributed by atoms with van der Waals surface area (Å²) in [6.07, 6.45) is 0. The summed E-state index contributed by atoms with van der Waals surface area (Å²) in [7, 11) is 0. The van der Waals surface area contributed by atoms with Gasteiger partial charge in [0.25, 0.3) is 0 Å². The molecule has 0 radical (unpaired) electrons. The first-order valence-electron chi connectivity index (χ1n) is 7.00. The van der Waals surface area contributed by atoms with Crippen LogP contribution in [0.3, 0.4) is 0 Å². The predicted octanol–water partition coefficient (Wildman–Crippen LogP) is 2.09. The van der Waals surface area contributed by atoms with Gasteiger partial charge in [-0.2, -0.15) is 0 Å². The molecule has 0 fully saturated rings. The SMILES string of the molecule is Oc1cc2c(oc3c(O)c(O)c4c(O)c(O)c(O)c(O)c4c32)c(O)c1O. The monoisotopic (exact) mass is 362 g/mol. The summed E-state index contributed by atoms with van der Waals surface area (Å²) in [6.45, 7) is 0. The summed E-state index contributed by atoms with van der Waals surface area (Å²) >= 11 is 0. The number of hydrogen-bond donors (Lipinski definition) is 9. The van der Waals surface area contributed by atoms with Gasteiger partial charge < -0.3 is 50.4 Å². The number of phenols is 9. The molecule has 4 rings (SSSR count). The van der Waals surface area contributed by atoms with Gasteiger partial charge in [-0.1, -0.05) is 0 Å². The van der Waals surface area contributed by atoms with Gasteiger partial charge in [0.2, 0.25) is 28.7 Å². The van der Waals surface area contributed by atoms with Gasteiger partial charge in [0.05, 0.1) is 5.39 Å². The van der Waals surface area contributed by atoms with Crippen molar-refractivity contribution in [2.24, 2.45) is 0 Å². The standard InChI is InChI=1S/C16H10O10/c17-3-1-2-4-5-6(9(20)12(23)11(22)8(5)19)10(21)14(25)16(4)26-15(2)13(24)7(3)18/h1,17-25H. The Bertz CT molecular complexity index is 1270. The lowest BCUT2D eigenvalue weighted by Gasteiger charge is -2.12. The predicted molar refractivity (Wildman–Crippen MR) is 86.2 cm³/mol. The van der Waals surface area contributed by atoms with Crippen LogP contribution < -0.4 is 0 Å². The van der Waals surface area contributed by atoms with Crippen LogP contribution in [0.4, 0.5) is 0 Å². The molecule has 0 aliphatic rings. The molecule has 0 saturated heterocycles. The number of rotatable bonds is 0. The minimum atomic E-state index is -1.14. The van der Waals surface area contributed by atoms with E-state index in [4.69, 9.17) is 4.42 Å². The first kappa shape index (κ1) is 15.4. The van der Waals surface area contributed by atoms with Gasteiger partial charge in [0.15, 0.2) is 34.2 Å². The average Bonchev–Trinajstić information content (AvgIpc) is 2.98. The van der Waals surface area contributed by atoms with Crippen molar-refractivity contribution in [3.05, 3.63) is 6.07 Å². The second-order valence-corrected chi connectivity index (χ2v) is 5.62. The highest BCUT2D eigenvalue weighted by molar-refractivity contribution is 6.27. The molecular weight excluding hydrogens is 352 g/mol. The van der Waals surface area contributed by atoms with E-state index in [1.807, 2.05) is 0 Å². The molecule has 0 unspecified atom stereocenters. The van der Waals surface area contributed by atoms with Gasteiger partial charge in [-0.25, -0.2) is 0 Å². The summed E-state index contributed by atoms with van der Waals surface area (Å²) in [4.78, 5) is 0. The summed E-state index contributed by atoms with van der Waals surface area (Å²) in [5.41, 5.74) is -0.894. The summed E-state index contributed by atoms with van der Waals surface area (Å²) < 4.78 is 5.24. The van der Waals surface area contributed by atoms with Gasteiger partial charge in [0.1, 0.15) is 0 Å². The molecule has 0 saturated carbocycles. The Morgan fingerprint density at radius 3 is 1.58 bits per heavy atom. The Kier molecular flexibility index (Phi) is 2.68. The highest BCUT2D eigenvalue weighted by atomic mass is 16.4. The van der Waals surface area contributed by atoms with Gasteiger partial charge in [-0.05, 0) is 6.07 Å². The maximum Gasteiger partial charge on any atom is 0.205 e. The van der Waals surface area contributed by atoms with Crippen molar-refractivity contribution in [3.8, 4) is 51.7 Å². The molecule has 134 valence electrons. The quantitative estimate of drug-likeness (QED) is 0.165. The van der Waals surface area contributed by atoms with E-state index in [9.17, 15) is 46.0 Å². The first-order valence-corrected chi connectivity index (χ1v) is 7.00. The van der Waals surface area contributed by atoms with E-state index in [1.165, 1.54) is 0 Å².